The van der Waals surface area contributed by atoms with E-state index in [1.54, 1.807) is 6.07 Å². The summed E-state index contributed by atoms with van der Waals surface area (Å²) in [5, 5.41) is 0.446. The molecule has 0 atom stereocenters. The first-order valence-electron chi connectivity index (χ1n) is 4.19. The highest BCUT2D eigenvalue weighted by atomic mass is 127. The van der Waals surface area contributed by atoms with Crippen LogP contribution in [0.5, 0.6) is 5.75 Å². The third kappa shape index (κ3) is 2.39. The van der Waals surface area contributed by atoms with Crippen LogP contribution < -0.4 is 4.74 Å². The van der Waals surface area contributed by atoms with Crippen molar-refractivity contribution in [3.05, 3.63) is 26.3 Å². The lowest BCUT2D eigenvalue weighted by atomic mass is 10.1. The molecule has 0 spiro atoms. The number of benzene rings is 1. The third-order valence-electron chi connectivity index (χ3n) is 1.70. The Kier molecular flexibility index (Phi) is 4.19. The Morgan fingerprint density at radius 3 is 2.71 bits per heavy atom. The van der Waals surface area contributed by atoms with Gasteiger partial charge in [0.2, 0.25) is 0 Å². The Hall–Kier alpha value is -0.290. The van der Waals surface area contributed by atoms with Crippen LogP contribution in [0.4, 0.5) is 0 Å². The number of halogens is 2. The highest BCUT2D eigenvalue weighted by Crippen LogP contribution is 2.31. The summed E-state index contributed by atoms with van der Waals surface area (Å²) in [6.07, 6.45) is 0. The molecule has 76 valence electrons. The highest BCUT2D eigenvalue weighted by molar-refractivity contribution is 14.1. The minimum atomic E-state index is -0.0723. The molecule has 0 aliphatic carbocycles. The number of rotatable bonds is 3. The summed E-state index contributed by atoms with van der Waals surface area (Å²) in [7, 11) is 0. The zero-order valence-electron chi connectivity index (χ0n) is 7.93. The van der Waals surface area contributed by atoms with E-state index in [0.717, 1.165) is 3.57 Å². The van der Waals surface area contributed by atoms with Crippen molar-refractivity contribution < 1.29 is 9.53 Å². The van der Waals surface area contributed by atoms with E-state index in [-0.39, 0.29) is 5.78 Å². The summed E-state index contributed by atoms with van der Waals surface area (Å²) in [4.78, 5) is 11.3. The van der Waals surface area contributed by atoms with Crippen molar-refractivity contribution in [2.24, 2.45) is 0 Å². The van der Waals surface area contributed by atoms with Gasteiger partial charge in [-0.15, -0.1) is 0 Å². The molecule has 0 radical (unpaired) electrons. The Labute approximate surface area is 102 Å². The van der Waals surface area contributed by atoms with Crippen LogP contribution >= 0.6 is 34.2 Å². The summed E-state index contributed by atoms with van der Waals surface area (Å²) in [5.74, 6) is 0.519. The number of ketones is 1. The lowest BCUT2D eigenvalue weighted by Crippen LogP contribution is -2.03. The maximum absolute atomic E-state index is 11.3. The van der Waals surface area contributed by atoms with Crippen molar-refractivity contribution in [2.75, 3.05) is 6.61 Å². The van der Waals surface area contributed by atoms with Crippen LogP contribution in [0, 0.1) is 3.57 Å². The standard InChI is InChI=1S/C10H10ClIO2/c1-3-14-10-8(12)5-4-7(11)9(10)6(2)13/h4-5H,3H2,1-2H3. The summed E-state index contributed by atoms with van der Waals surface area (Å²) in [5.41, 5.74) is 0.473. The second-order valence-electron chi connectivity index (χ2n) is 2.72. The van der Waals surface area contributed by atoms with E-state index in [9.17, 15) is 4.79 Å². The van der Waals surface area contributed by atoms with Gasteiger partial charge in [-0.05, 0) is 48.6 Å². The van der Waals surface area contributed by atoms with E-state index >= 15 is 0 Å². The highest BCUT2D eigenvalue weighted by Gasteiger charge is 2.15. The molecular formula is C10H10ClIO2. The second-order valence-corrected chi connectivity index (χ2v) is 4.29. The van der Waals surface area contributed by atoms with Crippen molar-refractivity contribution in [3.8, 4) is 5.75 Å². The average Bonchev–Trinajstić information content (AvgIpc) is 2.11. The molecule has 0 unspecified atom stereocenters. The number of hydrogen-bond acceptors (Lipinski definition) is 2. The average molecular weight is 325 g/mol. The summed E-state index contributed by atoms with van der Waals surface area (Å²) < 4.78 is 6.30. The molecule has 0 saturated heterocycles. The van der Waals surface area contributed by atoms with Crippen LogP contribution in [-0.4, -0.2) is 12.4 Å². The fourth-order valence-corrected chi connectivity index (χ4v) is 2.03. The van der Waals surface area contributed by atoms with Gasteiger partial charge >= 0.3 is 0 Å². The van der Waals surface area contributed by atoms with Gasteiger partial charge in [0.05, 0.1) is 20.8 Å². The van der Waals surface area contributed by atoms with Gasteiger partial charge in [-0.2, -0.15) is 0 Å². The Bertz CT molecular complexity index is 363. The smallest absolute Gasteiger partial charge is 0.165 e. The molecule has 0 N–H and O–H groups in total. The van der Waals surface area contributed by atoms with Crippen LogP contribution in [0.15, 0.2) is 12.1 Å². The third-order valence-corrected chi connectivity index (χ3v) is 2.86. The SMILES string of the molecule is CCOc1c(I)ccc(Cl)c1C(C)=O. The van der Waals surface area contributed by atoms with Crippen LogP contribution in [0.1, 0.15) is 24.2 Å². The van der Waals surface area contributed by atoms with Crippen molar-refractivity contribution in [3.63, 3.8) is 0 Å². The first-order chi connectivity index (χ1) is 6.57. The van der Waals surface area contributed by atoms with E-state index in [0.29, 0.717) is 22.9 Å². The monoisotopic (exact) mass is 324 g/mol. The summed E-state index contributed by atoms with van der Waals surface area (Å²) in [6.45, 7) is 3.89. The maximum Gasteiger partial charge on any atom is 0.165 e. The molecule has 4 heteroatoms. The van der Waals surface area contributed by atoms with E-state index < -0.39 is 0 Å². The summed E-state index contributed by atoms with van der Waals surface area (Å²) >= 11 is 8.05. The fourth-order valence-electron chi connectivity index (χ4n) is 1.15. The zero-order chi connectivity index (χ0) is 10.7. The first-order valence-corrected chi connectivity index (χ1v) is 5.65. The molecule has 14 heavy (non-hydrogen) atoms. The van der Waals surface area contributed by atoms with E-state index in [2.05, 4.69) is 22.6 Å². The van der Waals surface area contributed by atoms with Crippen molar-refractivity contribution in [2.45, 2.75) is 13.8 Å². The molecule has 1 aromatic carbocycles. The molecule has 1 rings (SSSR count). The minimum absolute atomic E-state index is 0.0723. The quantitative estimate of drug-likeness (QED) is 0.628. The van der Waals surface area contributed by atoms with Gasteiger partial charge in [-0.3, -0.25) is 4.79 Å². The van der Waals surface area contributed by atoms with Gasteiger partial charge in [0, 0.05) is 0 Å². The Morgan fingerprint density at radius 2 is 2.21 bits per heavy atom. The molecule has 0 amide bonds. The van der Waals surface area contributed by atoms with Gasteiger partial charge in [-0.25, -0.2) is 0 Å². The predicted octanol–water partition coefficient (Wildman–Crippen LogP) is 3.55. The first kappa shape index (κ1) is 11.8. The molecule has 0 aliphatic rings. The molecule has 0 aromatic heterocycles. The van der Waals surface area contributed by atoms with Gasteiger partial charge < -0.3 is 4.74 Å². The van der Waals surface area contributed by atoms with E-state index in [1.807, 2.05) is 13.0 Å². The molecule has 2 nitrogen and oxygen atoms in total. The van der Waals surface area contributed by atoms with Gasteiger partial charge in [0.15, 0.2) is 5.78 Å². The van der Waals surface area contributed by atoms with Crippen molar-refractivity contribution >= 4 is 40.0 Å². The van der Waals surface area contributed by atoms with E-state index in [4.69, 9.17) is 16.3 Å². The number of Topliss-reactive ketones (excluding diaryl/α,β-unsaturated/α-hetero) is 1. The topological polar surface area (TPSA) is 26.3 Å². The lowest BCUT2D eigenvalue weighted by Gasteiger charge is -2.11. The largest absolute Gasteiger partial charge is 0.492 e. The molecule has 0 aliphatic heterocycles. The summed E-state index contributed by atoms with van der Waals surface area (Å²) in [6, 6.07) is 3.54. The minimum Gasteiger partial charge on any atom is -0.492 e. The number of hydrogen-bond donors (Lipinski definition) is 0. The van der Waals surface area contributed by atoms with Gasteiger partial charge in [0.1, 0.15) is 5.75 Å². The molecule has 0 fully saturated rings. The van der Waals surface area contributed by atoms with Gasteiger partial charge in [0.25, 0.3) is 0 Å². The number of ether oxygens (including phenoxy) is 1. The van der Waals surface area contributed by atoms with Gasteiger partial charge in [-0.1, -0.05) is 11.6 Å². The van der Waals surface area contributed by atoms with Crippen LogP contribution in [-0.2, 0) is 0 Å². The zero-order valence-corrected chi connectivity index (χ0v) is 10.8. The molecule has 0 bridgehead atoms. The van der Waals surface area contributed by atoms with E-state index in [1.165, 1.54) is 6.92 Å². The van der Waals surface area contributed by atoms with Crippen LogP contribution in [0.3, 0.4) is 0 Å². The maximum atomic E-state index is 11.3. The molecular weight excluding hydrogens is 314 g/mol. The fraction of sp³-hybridized carbons (Fsp3) is 0.300. The number of carbonyl (C=O) groups excluding carboxylic acids is 1. The van der Waals surface area contributed by atoms with Crippen LogP contribution in [0.2, 0.25) is 5.02 Å². The normalized spacial score (nSPS) is 10.0. The van der Waals surface area contributed by atoms with Crippen LogP contribution in [0.25, 0.3) is 0 Å². The lowest BCUT2D eigenvalue weighted by molar-refractivity contribution is 0.101. The Morgan fingerprint density at radius 1 is 1.57 bits per heavy atom. The second kappa shape index (κ2) is 4.98. The number of carbonyl (C=O) groups is 1. The molecule has 1 aromatic rings. The predicted molar refractivity (Wildman–Crippen MR) is 65.3 cm³/mol. The molecule has 0 heterocycles. The Balaban J connectivity index is 3.33. The van der Waals surface area contributed by atoms with Crippen molar-refractivity contribution in [1.82, 2.24) is 0 Å². The molecule has 0 saturated carbocycles. The van der Waals surface area contributed by atoms with Crippen molar-refractivity contribution in [1.29, 1.82) is 0 Å².